The lowest BCUT2D eigenvalue weighted by Gasteiger charge is -2.60. The van der Waals surface area contributed by atoms with Gasteiger partial charge in [0.05, 0.1) is 20.9 Å². The third-order valence-corrected chi connectivity index (χ3v) is 10.6. The summed E-state index contributed by atoms with van der Waals surface area (Å²) in [5, 5.41) is 8.24. The van der Waals surface area contributed by atoms with Gasteiger partial charge in [-0.05, 0) is 95.3 Å². The van der Waals surface area contributed by atoms with E-state index in [1.807, 2.05) is 0 Å². The number of rotatable bonds is 5. The number of hydrogen-bond acceptors (Lipinski definition) is 3. The van der Waals surface area contributed by atoms with E-state index in [9.17, 15) is 4.79 Å². The van der Waals surface area contributed by atoms with E-state index in [0.29, 0.717) is 23.6 Å². The number of aromatic nitrogens is 2. The van der Waals surface area contributed by atoms with E-state index in [4.69, 9.17) is 5.10 Å². The Labute approximate surface area is 214 Å². The fourth-order valence-electron chi connectivity index (χ4n) is 6.71. The van der Waals surface area contributed by atoms with Crippen LogP contribution in [0.3, 0.4) is 0 Å². The lowest BCUT2D eigenvalue weighted by molar-refractivity contribution is -0.103. The predicted molar refractivity (Wildman–Crippen MR) is 141 cm³/mol. The predicted octanol–water partition coefficient (Wildman–Crippen LogP) is 6.63. The third-order valence-electron chi connectivity index (χ3n) is 8.88. The molecule has 4 aliphatic carbocycles. The van der Waals surface area contributed by atoms with Crippen LogP contribution in [-0.4, -0.2) is 22.2 Å². The number of amides is 1. The van der Waals surface area contributed by atoms with Gasteiger partial charge in [0.25, 0.3) is 5.91 Å². The molecule has 0 saturated heterocycles. The molecular weight excluding hydrogens is 506 g/mol. The summed E-state index contributed by atoms with van der Waals surface area (Å²) in [6.45, 7) is 8.38. The Kier molecular flexibility index (Phi) is 5.53. The van der Waals surface area contributed by atoms with Crippen LogP contribution in [0.5, 0.6) is 0 Å². The third kappa shape index (κ3) is 3.69. The Morgan fingerprint density at radius 2 is 2.03 bits per heavy atom. The highest BCUT2D eigenvalue weighted by atomic mass is 79.9. The number of hydrogen-bond donors (Lipinski definition) is 1. The lowest BCUT2D eigenvalue weighted by atomic mass is 9.45. The van der Waals surface area contributed by atoms with Gasteiger partial charge in [0.1, 0.15) is 0 Å². The summed E-state index contributed by atoms with van der Waals surface area (Å²) in [6, 6.07) is 10.8. The monoisotopic (exact) mass is 537 g/mol. The van der Waals surface area contributed by atoms with Crippen LogP contribution in [0.1, 0.15) is 65.9 Å². The van der Waals surface area contributed by atoms with Gasteiger partial charge < -0.3 is 5.32 Å². The smallest absolute Gasteiger partial charge is 0.272 e. The summed E-state index contributed by atoms with van der Waals surface area (Å²) in [7, 11) is 0. The summed E-state index contributed by atoms with van der Waals surface area (Å²) >= 11 is 5.43. The number of benzene rings is 1. The van der Waals surface area contributed by atoms with Crippen LogP contribution < -0.4 is 5.32 Å². The summed E-state index contributed by atoms with van der Waals surface area (Å²) in [4.78, 5) is 14.7. The second-order valence-electron chi connectivity index (χ2n) is 11.1. The molecule has 0 aliphatic heterocycles. The molecule has 3 saturated carbocycles. The molecular formula is C28H32BrN3OS. The maximum atomic E-state index is 13.5. The number of carbonyl (C=O) groups is 1. The molecule has 2 heterocycles. The number of halogens is 1. The van der Waals surface area contributed by atoms with Crippen molar-refractivity contribution in [3.8, 4) is 10.6 Å². The first-order valence-electron chi connectivity index (χ1n) is 12.5. The number of nitrogens with one attached hydrogen (secondary N) is 1. The molecule has 7 rings (SSSR count). The molecule has 0 spiro atoms. The number of nitrogens with zero attached hydrogens (tertiary/aromatic N) is 2. The van der Waals surface area contributed by atoms with E-state index in [1.54, 1.807) is 11.3 Å². The zero-order valence-corrected chi connectivity index (χ0v) is 22.6. The Morgan fingerprint density at radius 1 is 1.24 bits per heavy atom. The molecule has 2 aromatic heterocycles. The van der Waals surface area contributed by atoms with Crippen molar-refractivity contribution in [2.75, 3.05) is 6.54 Å². The van der Waals surface area contributed by atoms with Crippen LogP contribution in [0.25, 0.3) is 10.6 Å². The van der Waals surface area contributed by atoms with Crippen LogP contribution in [0.4, 0.5) is 0 Å². The molecule has 6 heteroatoms. The minimum Gasteiger partial charge on any atom is -0.350 e. The van der Waals surface area contributed by atoms with Crippen LogP contribution in [0, 0.1) is 30.1 Å². The molecule has 1 N–H and O–H groups in total. The fraction of sp³-hybridized carbons (Fsp3) is 0.500. The van der Waals surface area contributed by atoms with Crippen LogP contribution in [-0.2, 0) is 19.4 Å². The first kappa shape index (κ1) is 22.5. The molecule has 3 aromatic rings. The van der Waals surface area contributed by atoms with Crippen molar-refractivity contribution in [2.24, 2.45) is 23.2 Å². The molecule has 3 fully saturated rings. The Balaban J connectivity index is 1.29. The molecule has 3 unspecified atom stereocenters. The van der Waals surface area contributed by atoms with Crippen LogP contribution in [0.15, 0.2) is 34.1 Å². The summed E-state index contributed by atoms with van der Waals surface area (Å²) in [5.41, 5.74) is 7.10. The van der Waals surface area contributed by atoms with Gasteiger partial charge >= 0.3 is 0 Å². The number of carbonyl (C=O) groups excluding carboxylic acids is 1. The standard InChI is InChI=1S/C28H32BrN3OS/c1-16-4-6-17(7-5-16)15-32-25-21(11-9-18-12-23(29)34-26(18)25)24(31-32)27(33)30-14-19-8-10-20-13-22(19)28(20,2)3/h4-7,12,19-20,22H,8-11,13-15H2,1-3H3,(H,30,33). The first-order valence-corrected chi connectivity index (χ1v) is 14.1. The van der Waals surface area contributed by atoms with Gasteiger partial charge in [-0.3, -0.25) is 9.48 Å². The zero-order valence-electron chi connectivity index (χ0n) is 20.2. The largest absolute Gasteiger partial charge is 0.350 e. The van der Waals surface area contributed by atoms with Gasteiger partial charge in [-0.25, -0.2) is 0 Å². The van der Waals surface area contributed by atoms with Gasteiger partial charge in [-0.15, -0.1) is 11.3 Å². The van der Waals surface area contributed by atoms with Crippen molar-refractivity contribution >= 4 is 33.2 Å². The molecule has 1 aromatic carbocycles. The minimum absolute atomic E-state index is 0.00256. The van der Waals surface area contributed by atoms with E-state index in [-0.39, 0.29) is 5.91 Å². The van der Waals surface area contributed by atoms with Crippen molar-refractivity contribution in [1.82, 2.24) is 15.1 Å². The second-order valence-corrected chi connectivity index (χ2v) is 13.6. The van der Waals surface area contributed by atoms with Crippen molar-refractivity contribution in [3.05, 3.63) is 62.1 Å². The highest BCUT2D eigenvalue weighted by molar-refractivity contribution is 9.11. The molecule has 3 atom stereocenters. The Morgan fingerprint density at radius 3 is 2.76 bits per heavy atom. The van der Waals surface area contributed by atoms with E-state index >= 15 is 0 Å². The number of fused-ring (bicyclic) bond motifs is 5. The van der Waals surface area contributed by atoms with Crippen molar-refractivity contribution in [3.63, 3.8) is 0 Å². The summed E-state index contributed by atoms with van der Waals surface area (Å²) < 4.78 is 3.20. The highest BCUT2D eigenvalue weighted by Crippen LogP contribution is 2.61. The minimum atomic E-state index is -0.00256. The van der Waals surface area contributed by atoms with Gasteiger partial charge in [0.15, 0.2) is 5.69 Å². The summed E-state index contributed by atoms with van der Waals surface area (Å²) in [6.07, 6.45) is 5.71. The zero-order chi connectivity index (χ0) is 23.6. The Bertz CT molecular complexity index is 1250. The average molecular weight is 539 g/mol. The first-order chi connectivity index (χ1) is 16.3. The van der Waals surface area contributed by atoms with E-state index in [1.165, 1.54) is 40.8 Å². The lowest BCUT2D eigenvalue weighted by Crippen LogP contribution is -2.54. The van der Waals surface area contributed by atoms with Gasteiger partial charge in [-0.2, -0.15) is 5.10 Å². The van der Waals surface area contributed by atoms with Crippen molar-refractivity contribution in [1.29, 1.82) is 0 Å². The quantitative estimate of drug-likeness (QED) is 0.396. The summed E-state index contributed by atoms with van der Waals surface area (Å²) in [5.74, 6) is 2.21. The Hall–Kier alpha value is -1.92. The normalized spacial score (nSPS) is 24.2. The van der Waals surface area contributed by atoms with Gasteiger partial charge in [-0.1, -0.05) is 43.7 Å². The molecule has 4 nitrogen and oxygen atoms in total. The maximum absolute atomic E-state index is 13.5. The van der Waals surface area contributed by atoms with Gasteiger partial charge in [0, 0.05) is 12.1 Å². The van der Waals surface area contributed by atoms with Gasteiger partial charge in [0.2, 0.25) is 0 Å². The van der Waals surface area contributed by atoms with Crippen molar-refractivity contribution in [2.45, 2.75) is 59.4 Å². The van der Waals surface area contributed by atoms with E-state index < -0.39 is 0 Å². The van der Waals surface area contributed by atoms with Crippen molar-refractivity contribution < 1.29 is 4.79 Å². The molecule has 1 amide bonds. The topological polar surface area (TPSA) is 46.9 Å². The molecule has 178 valence electrons. The SMILES string of the molecule is Cc1ccc(Cn2nc(C(=O)NCC3CCC4CC3C4(C)C)c3c2-c2sc(Br)cc2CC3)cc1. The fourth-order valence-corrected chi connectivity index (χ4v) is 8.48. The van der Waals surface area contributed by atoms with E-state index in [2.05, 4.69) is 77.0 Å². The van der Waals surface area contributed by atoms with E-state index in [0.717, 1.165) is 46.3 Å². The van der Waals surface area contributed by atoms with Crippen LogP contribution in [0.2, 0.25) is 0 Å². The molecule has 0 radical (unpaired) electrons. The molecule has 34 heavy (non-hydrogen) atoms. The number of aryl methyl sites for hydroxylation is 2. The highest BCUT2D eigenvalue weighted by Gasteiger charge is 2.54. The second kappa shape index (κ2) is 8.34. The maximum Gasteiger partial charge on any atom is 0.272 e. The number of thiophene rings is 1. The molecule has 2 bridgehead atoms. The van der Waals surface area contributed by atoms with Crippen LogP contribution >= 0.6 is 27.3 Å². The average Bonchev–Trinajstić information content (AvgIpc) is 3.38. The molecule has 4 aliphatic rings.